The molecule has 9 nitrogen and oxygen atoms in total. The zero-order valence-electron chi connectivity index (χ0n) is 7.83. The average molecular weight is 286 g/mol. The van der Waals surface area contributed by atoms with Crippen LogP contribution in [0.2, 0.25) is 0 Å². The summed E-state index contributed by atoms with van der Waals surface area (Å²) in [6.07, 6.45) is 0.556. The van der Waals surface area contributed by atoms with Crippen LogP contribution in [0.15, 0.2) is 0 Å². The van der Waals surface area contributed by atoms with Gasteiger partial charge in [-0.15, -0.1) is 0 Å². The highest BCUT2D eigenvalue weighted by Crippen LogP contribution is 1.63. The Morgan fingerprint density at radius 1 is 1.13 bits per heavy atom. The predicted octanol–water partition coefficient (Wildman–Crippen LogP) is -3.23. The van der Waals surface area contributed by atoms with E-state index in [1.807, 2.05) is 0 Å². The minimum atomic E-state index is -5.17. The number of aliphatic hydroxyl groups is 2. The number of nitrogens with two attached hydrogens (primary N) is 2. The number of urea groups is 1. The van der Waals surface area contributed by atoms with Gasteiger partial charge in [-0.3, -0.25) is 8.42 Å². The molecule has 0 aliphatic heterocycles. The first-order chi connectivity index (χ1) is 6.56. The Labute approximate surface area is 92.2 Å². The molecule has 0 radical (unpaired) electrons. The van der Waals surface area contributed by atoms with Crippen molar-refractivity contribution in [3.8, 4) is 0 Å². The van der Waals surface area contributed by atoms with Crippen LogP contribution in [-0.2, 0) is 10.4 Å². The molecule has 0 aromatic rings. The molecule has 0 saturated carbocycles. The van der Waals surface area contributed by atoms with Gasteiger partial charge in [0.2, 0.25) is 0 Å². The van der Waals surface area contributed by atoms with Crippen molar-refractivity contribution >= 4 is 34.9 Å². The number of carbonyl (C=O) groups is 1. The second kappa shape index (κ2) is 19.5. The topological polar surface area (TPSA) is 190 Å². The van der Waals surface area contributed by atoms with Crippen molar-refractivity contribution in [2.75, 3.05) is 12.7 Å². The summed E-state index contributed by atoms with van der Waals surface area (Å²) in [7, 11) is -2.11. The third kappa shape index (κ3) is 309000. The van der Waals surface area contributed by atoms with E-state index in [2.05, 4.69) is 11.5 Å². The fourth-order valence-electron chi connectivity index (χ4n) is 0. The van der Waals surface area contributed by atoms with E-state index in [9.17, 15) is 0 Å². The van der Waals surface area contributed by atoms with Crippen molar-refractivity contribution in [2.45, 2.75) is 0 Å². The standard InChI is InChI=1S/CH4N2O.2CH5OP.H2O4S/c2-1(3)4;2*2-1-3;1-5(2,3)4/h(H4,2,3,4);2*2H,1,3H2;(H2,1,2,3,4). The van der Waals surface area contributed by atoms with Crippen LogP contribution in [0.4, 0.5) is 4.79 Å². The van der Waals surface area contributed by atoms with Gasteiger partial charge in [0.25, 0.3) is 0 Å². The molecule has 0 heterocycles. The van der Waals surface area contributed by atoms with E-state index in [1.165, 1.54) is 18.5 Å². The second-order valence-corrected chi connectivity index (χ2v) is 2.97. The first kappa shape index (κ1) is 24.2. The highest BCUT2D eigenvalue weighted by Gasteiger charge is 1.60. The number of hydrogen-bond donors (Lipinski definition) is 4. The molecule has 0 aromatic carbocycles. The minimum Gasteiger partial charge on any atom is -0.759 e. The number of hydrogen-bond acceptors (Lipinski definition) is 7. The molecule has 0 aliphatic carbocycles. The lowest BCUT2D eigenvalue weighted by Crippen LogP contribution is -2.18. The van der Waals surface area contributed by atoms with Gasteiger partial charge in [0, 0.05) is 28.9 Å². The van der Waals surface area contributed by atoms with Crippen LogP contribution in [0, 0.1) is 0 Å². The summed E-state index contributed by atoms with van der Waals surface area (Å²) < 4.78 is 34.1. The maximum absolute atomic E-state index is 9.00. The van der Waals surface area contributed by atoms with Crippen molar-refractivity contribution in [3.63, 3.8) is 0 Å². The van der Waals surface area contributed by atoms with Gasteiger partial charge in [0.1, 0.15) is 12.7 Å². The molecule has 2 amide bonds. The predicted molar refractivity (Wildman–Crippen MR) is 60.6 cm³/mol. The maximum Gasteiger partial charge on any atom is 0.309 e. The summed E-state index contributed by atoms with van der Waals surface area (Å²) in [6.45, 7) is 0. The Kier molecular flexibility index (Phi) is 31.5. The number of rotatable bonds is 0. The van der Waals surface area contributed by atoms with Crippen molar-refractivity contribution in [1.29, 1.82) is 0 Å². The average Bonchev–Trinajstić information content (AvgIpc) is 1.82. The van der Waals surface area contributed by atoms with Gasteiger partial charge in [0.05, 0.1) is 0 Å². The second-order valence-electron chi connectivity index (χ2n) is 1.26. The first-order valence-corrected chi connectivity index (χ1v) is 6.41. The third-order valence-electron chi connectivity index (χ3n) is 0. The summed E-state index contributed by atoms with van der Waals surface area (Å²) in [6, 6.07) is -0.833. The van der Waals surface area contributed by atoms with Gasteiger partial charge in [-0.05, 0) is 0 Å². The molecule has 0 spiro atoms. The molecule has 0 fully saturated rings. The molecule has 12 heteroatoms. The highest BCUT2D eigenvalue weighted by molar-refractivity contribution is 7.79. The molecule has 6 N–H and O–H groups in total. The molecule has 0 aromatic heterocycles. The molecule has 2 unspecified atom stereocenters. The van der Waals surface area contributed by atoms with E-state index in [-0.39, 0.29) is 12.7 Å². The molecule has 2 atom stereocenters. The Morgan fingerprint density at radius 3 is 1.13 bits per heavy atom. The summed E-state index contributed by atoms with van der Waals surface area (Å²) in [5.74, 6) is 0. The molecular weight excluding hydrogens is 270 g/mol. The van der Waals surface area contributed by atoms with E-state index < -0.39 is 16.4 Å². The van der Waals surface area contributed by atoms with E-state index in [1.54, 1.807) is 0 Å². The zero-order chi connectivity index (χ0) is 13.5. The van der Waals surface area contributed by atoms with E-state index in [0.717, 1.165) is 0 Å². The van der Waals surface area contributed by atoms with Gasteiger partial charge in [-0.25, -0.2) is 4.79 Å². The van der Waals surface area contributed by atoms with Crippen molar-refractivity contribution in [2.24, 2.45) is 11.5 Å². The molecule has 0 aliphatic rings. The van der Waals surface area contributed by atoms with Crippen LogP contribution >= 0.6 is 18.5 Å². The van der Waals surface area contributed by atoms with Crippen LogP contribution in [0.5, 0.6) is 0 Å². The fraction of sp³-hybridized carbons (Fsp3) is 0.667. The lowest BCUT2D eigenvalue weighted by Gasteiger charge is -2.06. The molecule has 0 bridgehead atoms. The normalized spacial score (nSPS) is 8.27. The van der Waals surface area contributed by atoms with E-state index >= 15 is 0 Å². The molecule has 0 rings (SSSR count). The molecule has 96 valence electrons. The Morgan fingerprint density at radius 2 is 1.13 bits per heavy atom. The van der Waals surface area contributed by atoms with Crippen LogP contribution in [-0.4, -0.2) is 46.5 Å². The third-order valence-corrected chi connectivity index (χ3v) is 0. The Hall–Kier alpha value is -0.0800. The first-order valence-electron chi connectivity index (χ1n) is 3.08. The zero-order valence-corrected chi connectivity index (χ0v) is 11.5. The van der Waals surface area contributed by atoms with Crippen molar-refractivity contribution in [1.82, 2.24) is 0 Å². The van der Waals surface area contributed by atoms with Gasteiger partial charge in [-0.2, -0.15) is 0 Å². The van der Waals surface area contributed by atoms with E-state index in [0.29, 0.717) is 0 Å². The summed E-state index contributed by atoms with van der Waals surface area (Å²) >= 11 is 0. The van der Waals surface area contributed by atoms with Crippen molar-refractivity contribution < 1.29 is 32.5 Å². The fourth-order valence-corrected chi connectivity index (χ4v) is 0. The van der Waals surface area contributed by atoms with Gasteiger partial charge < -0.3 is 30.8 Å². The molecule has 15 heavy (non-hydrogen) atoms. The Balaban J connectivity index is -0.0000000553. The maximum atomic E-state index is 9.00. The number of aliphatic hydroxyl groups excluding tert-OH is 2. The summed E-state index contributed by atoms with van der Waals surface area (Å²) in [5.41, 5.74) is 8.50. The van der Waals surface area contributed by atoms with Crippen molar-refractivity contribution in [3.05, 3.63) is 0 Å². The van der Waals surface area contributed by atoms with Crippen LogP contribution in [0.3, 0.4) is 0 Å². The largest absolute Gasteiger partial charge is 0.759 e. The lowest BCUT2D eigenvalue weighted by molar-refractivity contribution is 0.256. The minimum absolute atomic E-state index is 0.278. The van der Waals surface area contributed by atoms with Gasteiger partial charge >= 0.3 is 6.03 Å². The van der Waals surface area contributed by atoms with Crippen LogP contribution < -0.4 is 11.5 Å². The number of carbonyl (C=O) groups excluding carboxylic acids is 1. The lowest BCUT2D eigenvalue weighted by atomic mass is 11.2. The monoisotopic (exact) mass is 286 g/mol. The highest BCUT2D eigenvalue weighted by atomic mass is 32.3. The summed E-state index contributed by atoms with van der Waals surface area (Å²) in [4.78, 5) is 9.00. The molecular formula is C3H16N2O7P2S. The van der Waals surface area contributed by atoms with Gasteiger partial charge in [0.15, 0.2) is 0 Å². The Bertz CT molecular complexity index is 194. The number of primary amides is 2. The quantitative estimate of drug-likeness (QED) is 0.204. The van der Waals surface area contributed by atoms with Crippen LogP contribution in [0.25, 0.3) is 0 Å². The molecule has 0 saturated heterocycles. The van der Waals surface area contributed by atoms with E-state index in [4.69, 9.17) is 32.5 Å². The SMILES string of the molecule is NC(N)=O.O=S(=O)([O-])[O-].OC[PH3+].OC[PH3+]. The smallest absolute Gasteiger partial charge is 0.309 e. The van der Waals surface area contributed by atoms with Crippen LogP contribution in [0.1, 0.15) is 0 Å². The van der Waals surface area contributed by atoms with Gasteiger partial charge in [-0.1, -0.05) is 0 Å². The number of amides is 2. The summed E-state index contributed by atoms with van der Waals surface area (Å²) in [5, 5.41) is 15.2.